The van der Waals surface area contributed by atoms with Crippen LogP contribution in [0.2, 0.25) is 5.02 Å². The molecule has 0 aromatic heterocycles. The van der Waals surface area contributed by atoms with Crippen LogP contribution in [0.5, 0.6) is 11.5 Å². The fraction of sp³-hybridized carbons (Fsp3) is 0.240. The van der Waals surface area contributed by atoms with Crippen molar-refractivity contribution in [1.29, 1.82) is 0 Å². The second kappa shape index (κ2) is 11.8. The molecule has 0 saturated heterocycles. The third-order valence-corrected chi connectivity index (χ3v) is 6.33. The van der Waals surface area contributed by atoms with E-state index in [1.807, 2.05) is 42.5 Å². The third kappa shape index (κ3) is 6.76. The normalized spacial score (nSPS) is 10.7. The summed E-state index contributed by atoms with van der Waals surface area (Å²) in [5.41, 5.74) is 1.02. The summed E-state index contributed by atoms with van der Waals surface area (Å²) in [7, 11) is 0. The first-order valence-corrected chi connectivity index (χ1v) is 11.8. The Labute approximate surface area is 193 Å². The number of ether oxygens (including phenoxy) is 1. The zero-order chi connectivity index (χ0) is 22.1. The molecule has 0 radical (unpaired) electrons. The highest BCUT2D eigenvalue weighted by Crippen LogP contribution is 2.31. The molecule has 0 spiro atoms. The Balaban J connectivity index is 1.60. The van der Waals surface area contributed by atoms with Crippen LogP contribution in [-0.4, -0.2) is 11.7 Å². The predicted octanol–water partition coefficient (Wildman–Crippen LogP) is 7.33. The minimum absolute atomic E-state index is 0.317. The van der Waals surface area contributed by atoms with E-state index in [0.717, 1.165) is 21.4 Å². The summed E-state index contributed by atoms with van der Waals surface area (Å²) >= 11 is 8.17. The van der Waals surface area contributed by atoms with Gasteiger partial charge in [0, 0.05) is 10.5 Å². The summed E-state index contributed by atoms with van der Waals surface area (Å²) in [6.07, 6.45) is 4.89. The number of anilines is 1. The molecule has 162 valence electrons. The Morgan fingerprint density at radius 1 is 0.968 bits per heavy atom. The van der Waals surface area contributed by atoms with Gasteiger partial charge in [-0.05, 0) is 66.8 Å². The van der Waals surface area contributed by atoms with E-state index in [1.165, 1.54) is 25.7 Å². The fourth-order valence-corrected chi connectivity index (χ4v) is 4.28. The minimum Gasteiger partial charge on any atom is -0.457 e. The van der Waals surface area contributed by atoms with Crippen LogP contribution in [0.3, 0.4) is 0 Å². The second-order valence-corrected chi connectivity index (χ2v) is 8.68. The van der Waals surface area contributed by atoms with E-state index >= 15 is 0 Å². The monoisotopic (exact) mass is 454 g/mol. The molecule has 0 heterocycles. The summed E-state index contributed by atoms with van der Waals surface area (Å²) in [6, 6.07) is 21.9. The molecule has 0 fully saturated rings. The van der Waals surface area contributed by atoms with Gasteiger partial charge in [0.1, 0.15) is 11.5 Å². The number of benzene rings is 3. The standard InChI is InChI=1S/C25H27ClN2O2S/c1-2-3-4-8-17-31-24-16-13-20(18-23(24)26)28(27)25(29)19-11-14-22(15-12-19)30-21-9-6-5-7-10-21/h5-7,9-16,18H,2-4,8,17,27H2,1H3. The van der Waals surface area contributed by atoms with Crippen molar-refractivity contribution in [1.82, 2.24) is 0 Å². The first-order chi connectivity index (χ1) is 15.1. The fourth-order valence-electron chi connectivity index (χ4n) is 3.01. The van der Waals surface area contributed by atoms with Crippen LogP contribution in [0.15, 0.2) is 77.7 Å². The molecular formula is C25H27ClN2O2S. The van der Waals surface area contributed by atoms with Gasteiger partial charge in [-0.1, -0.05) is 56.0 Å². The summed E-state index contributed by atoms with van der Waals surface area (Å²) in [5.74, 6) is 8.19. The lowest BCUT2D eigenvalue weighted by molar-refractivity contribution is 0.0987. The highest BCUT2D eigenvalue weighted by atomic mass is 35.5. The van der Waals surface area contributed by atoms with Crippen LogP contribution in [-0.2, 0) is 0 Å². The zero-order valence-corrected chi connectivity index (χ0v) is 19.2. The number of rotatable bonds is 10. The quantitative estimate of drug-likeness (QED) is 0.114. The summed E-state index contributed by atoms with van der Waals surface area (Å²) in [5, 5.41) is 1.72. The molecule has 3 aromatic carbocycles. The number of para-hydroxylation sites is 1. The number of nitrogens with two attached hydrogens (primary N) is 1. The largest absolute Gasteiger partial charge is 0.457 e. The van der Waals surface area contributed by atoms with Crippen LogP contribution in [0.25, 0.3) is 0 Å². The molecule has 3 rings (SSSR count). The summed E-state index contributed by atoms with van der Waals surface area (Å²) < 4.78 is 5.76. The minimum atomic E-state index is -0.317. The molecule has 1 amide bonds. The van der Waals surface area contributed by atoms with E-state index < -0.39 is 0 Å². The number of hydrogen-bond donors (Lipinski definition) is 1. The molecule has 2 N–H and O–H groups in total. The molecule has 0 atom stereocenters. The maximum Gasteiger partial charge on any atom is 0.272 e. The van der Waals surface area contributed by atoms with E-state index in [9.17, 15) is 4.79 Å². The van der Waals surface area contributed by atoms with Gasteiger partial charge < -0.3 is 4.74 Å². The maximum atomic E-state index is 12.8. The van der Waals surface area contributed by atoms with Crippen molar-refractivity contribution in [2.45, 2.75) is 37.5 Å². The molecule has 0 aliphatic rings. The van der Waals surface area contributed by atoms with Gasteiger partial charge in [0.25, 0.3) is 5.91 Å². The second-order valence-electron chi connectivity index (χ2n) is 7.14. The number of carbonyl (C=O) groups excluding carboxylic acids is 1. The number of hydrazine groups is 1. The molecule has 6 heteroatoms. The van der Waals surface area contributed by atoms with Crippen LogP contribution < -0.4 is 15.6 Å². The zero-order valence-electron chi connectivity index (χ0n) is 17.6. The lowest BCUT2D eigenvalue weighted by atomic mass is 10.2. The Morgan fingerprint density at radius 3 is 2.35 bits per heavy atom. The van der Waals surface area contributed by atoms with E-state index in [4.69, 9.17) is 22.2 Å². The van der Waals surface area contributed by atoms with Crippen LogP contribution in [0, 0.1) is 0 Å². The van der Waals surface area contributed by atoms with Gasteiger partial charge in [-0.25, -0.2) is 10.9 Å². The van der Waals surface area contributed by atoms with Crippen molar-refractivity contribution in [2.75, 3.05) is 10.8 Å². The number of carbonyl (C=O) groups is 1. The molecule has 0 bridgehead atoms. The van der Waals surface area contributed by atoms with Crippen molar-refractivity contribution in [3.8, 4) is 11.5 Å². The van der Waals surface area contributed by atoms with Gasteiger partial charge in [-0.15, -0.1) is 11.8 Å². The van der Waals surface area contributed by atoms with Crippen molar-refractivity contribution < 1.29 is 9.53 Å². The average Bonchev–Trinajstić information content (AvgIpc) is 2.80. The first kappa shape index (κ1) is 23.2. The predicted molar refractivity (Wildman–Crippen MR) is 130 cm³/mol. The van der Waals surface area contributed by atoms with Crippen LogP contribution in [0.1, 0.15) is 43.0 Å². The number of amides is 1. The molecule has 0 saturated carbocycles. The topological polar surface area (TPSA) is 55.6 Å². The van der Waals surface area contributed by atoms with E-state index in [2.05, 4.69) is 6.92 Å². The van der Waals surface area contributed by atoms with Crippen molar-refractivity contribution in [3.63, 3.8) is 0 Å². The van der Waals surface area contributed by atoms with E-state index in [-0.39, 0.29) is 5.91 Å². The van der Waals surface area contributed by atoms with E-state index in [0.29, 0.717) is 22.0 Å². The van der Waals surface area contributed by atoms with Gasteiger partial charge in [-0.3, -0.25) is 4.79 Å². The first-order valence-electron chi connectivity index (χ1n) is 10.4. The Bertz CT molecular complexity index is 981. The molecule has 0 aliphatic heterocycles. The molecule has 4 nitrogen and oxygen atoms in total. The Kier molecular flexibility index (Phi) is 8.83. The molecule has 31 heavy (non-hydrogen) atoms. The molecule has 3 aromatic rings. The number of thioether (sulfide) groups is 1. The van der Waals surface area contributed by atoms with Gasteiger partial charge >= 0.3 is 0 Å². The highest BCUT2D eigenvalue weighted by Gasteiger charge is 2.16. The highest BCUT2D eigenvalue weighted by molar-refractivity contribution is 7.99. The molecular weight excluding hydrogens is 428 g/mol. The Morgan fingerprint density at radius 2 is 1.68 bits per heavy atom. The van der Waals surface area contributed by atoms with Crippen molar-refractivity contribution in [2.24, 2.45) is 5.84 Å². The van der Waals surface area contributed by atoms with E-state index in [1.54, 1.807) is 42.1 Å². The van der Waals surface area contributed by atoms with Crippen molar-refractivity contribution in [3.05, 3.63) is 83.4 Å². The van der Waals surface area contributed by atoms with Crippen LogP contribution in [0.4, 0.5) is 5.69 Å². The lowest BCUT2D eigenvalue weighted by Gasteiger charge is -2.18. The number of unbranched alkanes of at least 4 members (excludes halogenated alkanes) is 3. The van der Waals surface area contributed by atoms with Gasteiger partial charge in [-0.2, -0.15) is 0 Å². The maximum absolute atomic E-state index is 12.8. The summed E-state index contributed by atoms with van der Waals surface area (Å²) in [6.45, 7) is 2.20. The molecule has 0 aliphatic carbocycles. The lowest BCUT2D eigenvalue weighted by Crippen LogP contribution is -2.37. The van der Waals surface area contributed by atoms with Crippen LogP contribution >= 0.6 is 23.4 Å². The van der Waals surface area contributed by atoms with Gasteiger partial charge in [0.15, 0.2) is 0 Å². The molecule has 0 unspecified atom stereocenters. The number of halogens is 1. The smallest absolute Gasteiger partial charge is 0.272 e. The van der Waals surface area contributed by atoms with Gasteiger partial charge in [0.05, 0.1) is 10.7 Å². The summed E-state index contributed by atoms with van der Waals surface area (Å²) in [4.78, 5) is 13.8. The number of hydrogen-bond acceptors (Lipinski definition) is 4. The van der Waals surface area contributed by atoms with Crippen molar-refractivity contribution >= 4 is 35.0 Å². The van der Waals surface area contributed by atoms with Gasteiger partial charge in [0.2, 0.25) is 0 Å². The third-order valence-electron chi connectivity index (χ3n) is 4.75. The SMILES string of the molecule is CCCCCCSc1ccc(N(N)C(=O)c2ccc(Oc3ccccc3)cc2)cc1Cl. The Hall–Kier alpha value is -2.47. The average molecular weight is 455 g/mol. The number of nitrogens with zero attached hydrogens (tertiary/aromatic N) is 1.